The summed E-state index contributed by atoms with van der Waals surface area (Å²) in [5.74, 6) is -0.385. The number of nitrogens with zero attached hydrogens (tertiary/aromatic N) is 1. The first-order valence-electron chi connectivity index (χ1n) is 5.50. The standard InChI is InChI=1S/C13H11ClFN3O/c14-10-5-8(1-3-11(10)15)6-17-12-4-2-9(7-18-12)13(16)19/h1-5,7H,6H2,(H2,16,19)(H,17,18). The minimum absolute atomic E-state index is 0.0799. The molecule has 0 fully saturated rings. The van der Waals surface area contributed by atoms with Crippen molar-refractivity contribution in [3.05, 3.63) is 58.5 Å². The van der Waals surface area contributed by atoms with Gasteiger partial charge in [0.2, 0.25) is 5.91 Å². The highest BCUT2D eigenvalue weighted by Crippen LogP contribution is 2.16. The zero-order valence-corrected chi connectivity index (χ0v) is 10.6. The minimum Gasteiger partial charge on any atom is -0.366 e. The molecule has 0 radical (unpaired) electrons. The fraction of sp³-hybridized carbons (Fsp3) is 0.0769. The Morgan fingerprint density at radius 3 is 2.74 bits per heavy atom. The van der Waals surface area contributed by atoms with E-state index in [4.69, 9.17) is 17.3 Å². The van der Waals surface area contributed by atoms with Crippen molar-refractivity contribution < 1.29 is 9.18 Å². The number of hydrogen-bond acceptors (Lipinski definition) is 3. The van der Waals surface area contributed by atoms with Crippen molar-refractivity contribution in [1.82, 2.24) is 4.98 Å². The lowest BCUT2D eigenvalue weighted by molar-refractivity contribution is 0.1000. The van der Waals surface area contributed by atoms with E-state index in [1.54, 1.807) is 24.3 Å². The van der Waals surface area contributed by atoms with Crippen LogP contribution in [0.4, 0.5) is 10.2 Å². The SMILES string of the molecule is NC(=O)c1ccc(NCc2ccc(F)c(Cl)c2)nc1. The predicted molar refractivity (Wildman–Crippen MR) is 71.5 cm³/mol. The molecule has 1 amide bonds. The number of anilines is 1. The van der Waals surface area contributed by atoms with Gasteiger partial charge in [-0.05, 0) is 29.8 Å². The van der Waals surface area contributed by atoms with E-state index in [9.17, 15) is 9.18 Å². The van der Waals surface area contributed by atoms with E-state index in [1.807, 2.05) is 0 Å². The monoisotopic (exact) mass is 279 g/mol. The fourth-order valence-electron chi connectivity index (χ4n) is 1.49. The molecule has 0 aliphatic rings. The van der Waals surface area contributed by atoms with Crippen LogP contribution in [0.3, 0.4) is 0 Å². The Bertz CT molecular complexity index is 601. The van der Waals surface area contributed by atoms with Gasteiger partial charge in [0.15, 0.2) is 0 Å². The molecule has 0 unspecified atom stereocenters. The highest BCUT2D eigenvalue weighted by molar-refractivity contribution is 6.30. The molecule has 4 nitrogen and oxygen atoms in total. The first-order chi connectivity index (χ1) is 9.06. The van der Waals surface area contributed by atoms with Crippen LogP contribution in [0.1, 0.15) is 15.9 Å². The minimum atomic E-state index is -0.524. The quantitative estimate of drug-likeness (QED) is 0.904. The van der Waals surface area contributed by atoms with Gasteiger partial charge in [0.1, 0.15) is 11.6 Å². The van der Waals surface area contributed by atoms with Crippen molar-refractivity contribution in [2.75, 3.05) is 5.32 Å². The molecule has 0 atom stereocenters. The Morgan fingerprint density at radius 1 is 1.37 bits per heavy atom. The lowest BCUT2D eigenvalue weighted by Gasteiger charge is -2.06. The van der Waals surface area contributed by atoms with Crippen LogP contribution in [-0.4, -0.2) is 10.9 Å². The summed E-state index contributed by atoms with van der Waals surface area (Å²) in [5.41, 5.74) is 6.28. The van der Waals surface area contributed by atoms with E-state index in [0.717, 1.165) is 5.56 Å². The maximum absolute atomic E-state index is 13.0. The third-order valence-electron chi connectivity index (χ3n) is 2.51. The van der Waals surface area contributed by atoms with Crippen molar-refractivity contribution in [3.63, 3.8) is 0 Å². The summed E-state index contributed by atoms with van der Waals surface area (Å²) in [6, 6.07) is 7.71. The molecule has 2 aromatic rings. The number of pyridine rings is 1. The summed E-state index contributed by atoms with van der Waals surface area (Å²) in [7, 11) is 0. The van der Waals surface area contributed by atoms with E-state index in [0.29, 0.717) is 17.9 Å². The van der Waals surface area contributed by atoms with Crippen LogP contribution in [0.2, 0.25) is 5.02 Å². The van der Waals surface area contributed by atoms with Crippen molar-refractivity contribution in [1.29, 1.82) is 0 Å². The predicted octanol–water partition coefficient (Wildman–Crippen LogP) is 2.59. The molecule has 3 N–H and O–H groups in total. The topological polar surface area (TPSA) is 68.0 Å². The number of hydrogen-bond donors (Lipinski definition) is 2. The second kappa shape index (κ2) is 5.67. The number of benzene rings is 1. The average Bonchev–Trinajstić information content (AvgIpc) is 2.40. The zero-order chi connectivity index (χ0) is 13.8. The Balaban J connectivity index is 2.01. The number of nitrogens with two attached hydrogens (primary N) is 1. The first-order valence-corrected chi connectivity index (χ1v) is 5.88. The number of primary amides is 1. The molecule has 2 rings (SSSR count). The molecule has 0 aliphatic carbocycles. The molecule has 0 aliphatic heterocycles. The molecule has 1 aromatic carbocycles. The fourth-order valence-corrected chi connectivity index (χ4v) is 1.69. The molecule has 6 heteroatoms. The average molecular weight is 280 g/mol. The summed E-state index contributed by atoms with van der Waals surface area (Å²) < 4.78 is 13.0. The highest BCUT2D eigenvalue weighted by Gasteiger charge is 2.03. The second-order valence-electron chi connectivity index (χ2n) is 3.90. The van der Waals surface area contributed by atoms with Crippen molar-refractivity contribution in [2.24, 2.45) is 5.73 Å². The summed E-state index contributed by atoms with van der Waals surface area (Å²) in [5, 5.41) is 3.11. The van der Waals surface area contributed by atoms with Crippen molar-refractivity contribution in [3.8, 4) is 0 Å². The van der Waals surface area contributed by atoms with Gasteiger partial charge in [0.05, 0.1) is 10.6 Å². The lowest BCUT2D eigenvalue weighted by atomic mass is 10.2. The molecule has 0 bridgehead atoms. The van der Waals surface area contributed by atoms with Crippen LogP contribution in [0.15, 0.2) is 36.5 Å². The maximum atomic E-state index is 13.0. The summed E-state index contributed by atoms with van der Waals surface area (Å²) in [6.45, 7) is 0.447. The lowest BCUT2D eigenvalue weighted by Crippen LogP contribution is -2.11. The van der Waals surface area contributed by atoms with Gasteiger partial charge in [-0.2, -0.15) is 0 Å². The van der Waals surface area contributed by atoms with Crippen LogP contribution in [0.25, 0.3) is 0 Å². The van der Waals surface area contributed by atoms with E-state index in [-0.39, 0.29) is 5.02 Å². The summed E-state index contributed by atoms with van der Waals surface area (Å²) in [6.07, 6.45) is 1.39. The molecule has 0 saturated carbocycles. The Hall–Kier alpha value is -2.14. The molecule has 0 spiro atoms. The van der Waals surface area contributed by atoms with Gasteiger partial charge in [0, 0.05) is 12.7 Å². The Kier molecular flexibility index (Phi) is 3.97. The number of halogens is 2. The third-order valence-corrected chi connectivity index (χ3v) is 2.80. The third kappa shape index (κ3) is 3.42. The first kappa shape index (κ1) is 13.3. The van der Waals surface area contributed by atoms with Crippen LogP contribution in [-0.2, 0) is 6.54 Å². The number of rotatable bonds is 4. The molecule has 1 aromatic heterocycles. The largest absolute Gasteiger partial charge is 0.366 e. The van der Waals surface area contributed by atoms with Crippen LogP contribution < -0.4 is 11.1 Å². The van der Waals surface area contributed by atoms with Gasteiger partial charge in [-0.25, -0.2) is 9.37 Å². The number of carbonyl (C=O) groups excluding carboxylic acids is 1. The number of aromatic nitrogens is 1. The van der Waals surface area contributed by atoms with Gasteiger partial charge in [0.25, 0.3) is 0 Å². The van der Waals surface area contributed by atoms with E-state index in [2.05, 4.69) is 10.3 Å². The molecule has 1 heterocycles. The van der Waals surface area contributed by atoms with Gasteiger partial charge < -0.3 is 11.1 Å². The number of amides is 1. The summed E-state index contributed by atoms with van der Waals surface area (Å²) >= 11 is 5.68. The van der Waals surface area contributed by atoms with Crippen LogP contribution >= 0.6 is 11.6 Å². The molecular formula is C13H11ClFN3O. The Labute approximate surface area is 114 Å². The Morgan fingerprint density at radius 2 is 2.16 bits per heavy atom. The molecule has 98 valence electrons. The van der Waals surface area contributed by atoms with Crippen molar-refractivity contribution >= 4 is 23.3 Å². The van der Waals surface area contributed by atoms with E-state index >= 15 is 0 Å². The number of nitrogens with one attached hydrogen (secondary N) is 1. The van der Waals surface area contributed by atoms with Crippen molar-refractivity contribution in [2.45, 2.75) is 6.54 Å². The normalized spacial score (nSPS) is 10.2. The van der Waals surface area contributed by atoms with Crippen LogP contribution in [0, 0.1) is 5.82 Å². The molecule has 19 heavy (non-hydrogen) atoms. The molecular weight excluding hydrogens is 269 g/mol. The van der Waals surface area contributed by atoms with Crippen LogP contribution in [0.5, 0.6) is 0 Å². The van der Waals surface area contributed by atoms with Gasteiger partial charge in [-0.3, -0.25) is 4.79 Å². The van der Waals surface area contributed by atoms with Gasteiger partial charge >= 0.3 is 0 Å². The summed E-state index contributed by atoms with van der Waals surface area (Å²) in [4.78, 5) is 14.9. The molecule has 0 saturated heterocycles. The number of carbonyl (C=O) groups is 1. The van der Waals surface area contributed by atoms with Gasteiger partial charge in [-0.1, -0.05) is 17.7 Å². The second-order valence-corrected chi connectivity index (χ2v) is 4.31. The highest BCUT2D eigenvalue weighted by atomic mass is 35.5. The van der Waals surface area contributed by atoms with E-state index in [1.165, 1.54) is 12.3 Å². The zero-order valence-electron chi connectivity index (χ0n) is 9.86. The smallest absolute Gasteiger partial charge is 0.250 e. The van der Waals surface area contributed by atoms with E-state index < -0.39 is 11.7 Å². The maximum Gasteiger partial charge on any atom is 0.250 e. The van der Waals surface area contributed by atoms with Gasteiger partial charge in [-0.15, -0.1) is 0 Å².